The second-order valence-corrected chi connectivity index (χ2v) is 22.1. The zero-order valence-electron chi connectivity index (χ0n) is 22.5. The number of likely N-dealkylation sites (tertiary alicyclic amines) is 1. The summed E-state index contributed by atoms with van der Waals surface area (Å²) in [6.45, 7) is 8.19. The van der Waals surface area contributed by atoms with E-state index in [2.05, 4.69) is 71.9 Å². The fourth-order valence-corrected chi connectivity index (χ4v) is 12.0. The predicted molar refractivity (Wildman–Crippen MR) is 168 cm³/mol. The fourth-order valence-electron chi connectivity index (χ4n) is 4.21. The van der Waals surface area contributed by atoms with E-state index >= 15 is 0 Å². The lowest BCUT2D eigenvalue weighted by atomic mass is 10.2. The molecule has 1 aromatic heterocycles. The monoisotopic (exact) mass is 705 g/mol. The van der Waals surface area contributed by atoms with Crippen LogP contribution in [-0.4, -0.2) is 72.7 Å². The summed E-state index contributed by atoms with van der Waals surface area (Å²) in [6, 6.07) is 5.18. The smallest absolute Gasteiger partial charge is 0.321 e. The van der Waals surface area contributed by atoms with Crippen molar-refractivity contribution in [1.82, 2.24) is 14.9 Å². The number of nitrogens with one attached hydrogen (secondary N) is 3. The number of hydrogen-bond donors (Lipinski definition) is 3. The Kier molecular flexibility index (Phi) is 9.43. The van der Waals surface area contributed by atoms with Gasteiger partial charge in [0.1, 0.15) is 5.82 Å². The van der Waals surface area contributed by atoms with Crippen molar-refractivity contribution in [2.24, 2.45) is 3.77 Å². The molecule has 0 radical (unpaired) electrons. The third-order valence-electron chi connectivity index (χ3n) is 6.40. The van der Waals surface area contributed by atoms with Gasteiger partial charge in [0.05, 0.1) is 23.9 Å². The van der Waals surface area contributed by atoms with Gasteiger partial charge in [-0.05, 0) is 72.5 Å². The number of carbonyl (C=O) groups is 1. The molecule has 39 heavy (non-hydrogen) atoms. The predicted octanol–water partition coefficient (Wildman–Crippen LogP) is 5.15. The van der Waals surface area contributed by atoms with E-state index in [-0.39, 0.29) is 22.4 Å². The van der Waals surface area contributed by atoms with E-state index in [1.165, 1.54) is 0 Å². The third kappa shape index (κ3) is 8.50. The van der Waals surface area contributed by atoms with Gasteiger partial charge < -0.3 is 20.9 Å². The summed E-state index contributed by atoms with van der Waals surface area (Å²) >= 11 is 2.16. The van der Waals surface area contributed by atoms with Gasteiger partial charge in [-0.2, -0.15) is 4.98 Å². The molecule has 0 spiro atoms. The molecule has 4 bridgehead atoms. The minimum absolute atomic E-state index is 0.0736. The van der Waals surface area contributed by atoms with Crippen molar-refractivity contribution >= 4 is 79.6 Å². The molecule has 1 atom stereocenters. The summed E-state index contributed by atoms with van der Waals surface area (Å²) < 4.78 is 45.6. The molecule has 3 heterocycles. The molecule has 3 N–H and O–H groups in total. The summed E-state index contributed by atoms with van der Waals surface area (Å²) in [7, 11) is -8.99. The molecule has 15 heteroatoms. The van der Waals surface area contributed by atoms with Crippen LogP contribution < -0.4 is 16.0 Å². The number of amides is 2. The highest BCUT2D eigenvalue weighted by atomic mass is 127. The van der Waals surface area contributed by atoms with E-state index in [1.54, 1.807) is 29.3 Å². The molecule has 11 nitrogen and oxygen atoms in total. The summed E-state index contributed by atoms with van der Waals surface area (Å²) in [4.78, 5) is 23.8. The molecule has 2 aliphatic rings. The van der Waals surface area contributed by atoms with Crippen molar-refractivity contribution in [1.29, 1.82) is 0 Å². The molecule has 1 aromatic carbocycles. The first kappa shape index (κ1) is 30.0. The summed E-state index contributed by atoms with van der Waals surface area (Å²) in [5.41, 5.74) is 0.867. The van der Waals surface area contributed by atoms with Gasteiger partial charge in [0.2, 0.25) is 5.95 Å². The highest BCUT2D eigenvalue weighted by Gasteiger charge is 2.25. The molecule has 0 saturated carbocycles. The first-order valence-electron chi connectivity index (χ1n) is 13.1. The molecule has 1 saturated heterocycles. The molecule has 2 amide bonds. The zero-order valence-corrected chi connectivity index (χ0v) is 27.3. The quantitative estimate of drug-likeness (QED) is 0.286. The first-order chi connectivity index (χ1) is 18.3. The van der Waals surface area contributed by atoms with Crippen LogP contribution in [0.1, 0.15) is 25.7 Å². The molecule has 4 rings (SSSR count). The number of fused-ring (bicyclic) bond motifs is 4. The van der Waals surface area contributed by atoms with E-state index in [0.717, 1.165) is 16.4 Å². The standard InChI is InChI=1S/C24H36IN7O4S2Si/c1-39(2,3)13-12-38(35,36)31-37(34)11-7-4-8-26-22-21(25)17-27-23(30-22)28-18-14-19(16-20(37)15-18)29-24(33)32-9-5-6-10-32/h14-17H,4-13H2,1-3H3,(H,29,33)(H2,26,27,28,30). The Morgan fingerprint density at radius 3 is 2.64 bits per heavy atom. The number of sulfonamides is 1. The molecule has 1 fully saturated rings. The van der Waals surface area contributed by atoms with Gasteiger partial charge in [-0.1, -0.05) is 19.6 Å². The number of anilines is 4. The highest BCUT2D eigenvalue weighted by molar-refractivity contribution is 14.1. The van der Waals surface area contributed by atoms with Gasteiger partial charge in [-0.15, -0.1) is 3.77 Å². The maximum atomic E-state index is 14.5. The number of benzene rings is 1. The Labute approximate surface area is 245 Å². The Morgan fingerprint density at radius 1 is 1.18 bits per heavy atom. The minimum Gasteiger partial charge on any atom is -0.369 e. The SMILES string of the molecule is C[Si](C)(C)CCS(=O)(=O)N=S1(=O)CCCCNc2nc(ncc2I)Nc2cc(NC(=O)N3CCCC3)cc1c2. The van der Waals surface area contributed by atoms with Crippen LogP contribution in [0.2, 0.25) is 25.7 Å². The Bertz CT molecular complexity index is 1450. The fraction of sp³-hybridized carbons (Fsp3) is 0.542. The van der Waals surface area contributed by atoms with Gasteiger partial charge in [0.15, 0.2) is 0 Å². The number of aromatic nitrogens is 2. The topological polar surface area (TPSA) is 146 Å². The maximum absolute atomic E-state index is 14.5. The lowest BCUT2D eigenvalue weighted by molar-refractivity contribution is 0.222. The average molecular weight is 706 g/mol. The molecule has 214 valence electrons. The number of urea groups is 1. The van der Waals surface area contributed by atoms with E-state index < -0.39 is 27.8 Å². The van der Waals surface area contributed by atoms with Crippen molar-refractivity contribution in [2.45, 2.75) is 56.3 Å². The summed E-state index contributed by atoms with van der Waals surface area (Å²) in [6.07, 6.45) is 4.72. The van der Waals surface area contributed by atoms with Crippen LogP contribution in [0.3, 0.4) is 0 Å². The molecule has 1 unspecified atom stereocenters. The lowest BCUT2D eigenvalue weighted by Crippen LogP contribution is -2.32. The van der Waals surface area contributed by atoms with E-state index in [1.807, 2.05) is 0 Å². The van der Waals surface area contributed by atoms with Gasteiger partial charge in [-0.25, -0.2) is 22.4 Å². The Morgan fingerprint density at radius 2 is 1.92 bits per heavy atom. The molecule has 0 aliphatic carbocycles. The normalized spacial score (nSPS) is 20.1. The molecule has 2 aromatic rings. The van der Waals surface area contributed by atoms with Gasteiger partial charge >= 0.3 is 6.03 Å². The van der Waals surface area contributed by atoms with Crippen molar-refractivity contribution in [2.75, 3.05) is 47.1 Å². The van der Waals surface area contributed by atoms with E-state index in [9.17, 15) is 17.4 Å². The molecular weight excluding hydrogens is 669 g/mol. The Balaban J connectivity index is 1.80. The number of rotatable bonds is 5. The van der Waals surface area contributed by atoms with E-state index in [4.69, 9.17) is 0 Å². The van der Waals surface area contributed by atoms with Crippen LogP contribution in [0.4, 0.5) is 27.9 Å². The molecule has 2 aliphatic heterocycles. The zero-order chi connectivity index (χ0) is 28.3. The first-order valence-corrected chi connectivity index (χ1v) is 21.1. The maximum Gasteiger partial charge on any atom is 0.321 e. The highest BCUT2D eigenvalue weighted by Crippen LogP contribution is 2.29. The van der Waals surface area contributed by atoms with Crippen molar-refractivity contribution in [3.8, 4) is 0 Å². The van der Waals surface area contributed by atoms with Gasteiger partial charge in [-0.3, -0.25) is 0 Å². The minimum atomic E-state index is -3.95. The molecular formula is C24H36IN7O4S2Si. The number of hydrogen-bond acceptors (Lipinski definition) is 8. The van der Waals surface area contributed by atoms with Crippen LogP contribution in [0.15, 0.2) is 33.1 Å². The van der Waals surface area contributed by atoms with Gasteiger partial charge in [0, 0.05) is 51.0 Å². The number of nitrogens with zero attached hydrogens (tertiary/aromatic N) is 4. The Hall–Kier alpha value is -1.98. The average Bonchev–Trinajstić information content (AvgIpc) is 3.39. The van der Waals surface area contributed by atoms with Crippen LogP contribution in [0.25, 0.3) is 0 Å². The van der Waals surface area contributed by atoms with Crippen LogP contribution in [-0.2, 0) is 19.8 Å². The van der Waals surface area contributed by atoms with Gasteiger partial charge in [0.25, 0.3) is 10.0 Å². The van der Waals surface area contributed by atoms with Crippen LogP contribution >= 0.6 is 22.6 Å². The van der Waals surface area contributed by atoms with Crippen molar-refractivity contribution in [3.63, 3.8) is 0 Å². The van der Waals surface area contributed by atoms with Crippen LogP contribution in [0, 0.1) is 3.57 Å². The number of halogens is 1. The van der Waals surface area contributed by atoms with Crippen molar-refractivity contribution in [3.05, 3.63) is 28.0 Å². The lowest BCUT2D eigenvalue weighted by Gasteiger charge is -2.19. The van der Waals surface area contributed by atoms with Crippen LogP contribution in [0.5, 0.6) is 0 Å². The number of carbonyl (C=O) groups excluding carboxylic acids is 1. The summed E-state index contributed by atoms with van der Waals surface area (Å²) in [5, 5.41) is 9.32. The third-order valence-corrected chi connectivity index (χ3v) is 13.7. The second-order valence-electron chi connectivity index (χ2n) is 11.0. The van der Waals surface area contributed by atoms with E-state index in [0.29, 0.717) is 61.7 Å². The largest absolute Gasteiger partial charge is 0.369 e. The summed E-state index contributed by atoms with van der Waals surface area (Å²) in [5.74, 6) is 0.933. The second kappa shape index (κ2) is 12.3. The van der Waals surface area contributed by atoms with Crippen molar-refractivity contribution < 1.29 is 17.4 Å².